The van der Waals surface area contributed by atoms with E-state index in [2.05, 4.69) is 0 Å². The Labute approximate surface area is 88.6 Å². The van der Waals surface area contributed by atoms with Crippen molar-refractivity contribution >= 4 is 16.9 Å². The van der Waals surface area contributed by atoms with E-state index in [-0.39, 0.29) is 5.91 Å². The zero-order valence-electron chi connectivity index (χ0n) is 9.28. The van der Waals surface area contributed by atoms with Crippen LogP contribution in [0.2, 0.25) is 0 Å². The van der Waals surface area contributed by atoms with Gasteiger partial charge in [0.1, 0.15) is 5.91 Å². The molecule has 4 nitrogen and oxygen atoms in total. The smallest absolute Gasteiger partial charge is 0.196 e. The Morgan fingerprint density at radius 3 is 2.07 bits per heavy atom. The van der Waals surface area contributed by atoms with Crippen LogP contribution in [-0.2, 0) is 18.6 Å². The van der Waals surface area contributed by atoms with E-state index in [0.29, 0.717) is 29.0 Å². The van der Waals surface area contributed by atoms with Gasteiger partial charge in [-0.1, -0.05) is 0 Å². The lowest BCUT2D eigenvalue weighted by Crippen LogP contribution is -2.27. The van der Waals surface area contributed by atoms with Crippen LogP contribution >= 0.6 is 7.37 Å². The lowest BCUT2D eigenvalue weighted by atomic mass is 10.9. The molecule has 0 aliphatic carbocycles. The summed E-state index contributed by atoms with van der Waals surface area (Å²) in [6.07, 6.45) is 0.439. The summed E-state index contributed by atoms with van der Waals surface area (Å²) in [5.41, 5.74) is 0. The van der Waals surface area contributed by atoms with Crippen molar-refractivity contribution in [3.8, 4) is 0 Å². The summed E-state index contributed by atoms with van der Waals surface area (Å²) < 4.78 is 27.0. The van der Waals surface area contributed by atoms with Gasteiger partial charge >= 0.3 is 0 Å². The second-order valence-corrected chi connectivity index (χ2v) is 6.90. The molecular weight excluding hydrogens is 219 g/mol. The Balaban J connectivity index is 3.65. The molecule has 0 atom stereocenters. The normalized spacial score (nSPS) is 12.4. The predicted molar refractivity (Wildman–Crippen MR) is 58.2 cm³/mol. The number of rotatable bonds is 8. The van der Waals surface area contributed by atoms with Crippen LogP contribution in [-0.4, -0.2) is 48.2 Å². The van der Waals surface area contributed by atoms with E-state index in [4.69, 9.17) is 14.0 Å². The van der Waals surface area contributed by atoms with E-state index in [9.17, 15) is 4.57 Å². The molecule has 0 aliphatic heterocycles. The van der Waals surface area contributed by atoms with Gasteiger partial charge in [0.05, 0.1) is 0 Å². The molecule has 0 aliphatic rings. The van der Waals surface area contributed by atoms with Gasteiger partial charge in [-0.25, -0.2) is 0 Å². The number of hydrogen-bond acceptors (Lipinski definition) is 4. The first-order valence-corrected chi connectivity index (χ1v) is 8.46. The first-order chi connectivity index (χ1) is 6.49. The second kappa shape index (κ2) is 7.60. The lowest BCUT2D eigenvalue weighted by molar-refractivity contribution is -0.0835. The summed E-state index contributed by atoms with van der Waals surface area (Å²) in [6, 6.07) is 0. The minimum atomic E-state index is -2.36. The molecule has 6 heteroatoms. The van der Waals surface area contributed by atoms with Gasteiger partial charge in [-0.2, -0.15) is 0 Å². The van der Waals surface area contributed by atoms with Crippen LogP contribution in [0.25, 0.3) is 0 Å². The van der Waals surface area contributed by atoms with Crippen LogP contribution in [0, 0.1) is 0 Å². The van der Waals surface area contributed by atoms with Gasteiger partial charge in [0, 0.05) is 32.8 Å². The van der Waals surface area contributed by atoms with E-state index >= 15 is 0 Å². The SMILES string of the molecule is CCOC(OCC)[Si]COP(C)(C)=O. The van der Waals surface area contributed by atoms with Gasteiger partial charge in [-0.15, -0.1) is 0 Å². The summed E-state index contributed by atoms with van der Waals surface area (Å²) in [6.45, 7) is 8.28. The average Bonchev–Trinajstić information content (AvgIpc) is 2.02. The minimum absolute atomic E-state index is 0.212. The maximum atomic E-state index is 11.2. The zero-order chi connectivity index (χ0) is 11.0. The molecule has 0 unspecified atom stereocenters. The van der Waals surface area contributed by atoms with Gasteiger partial charge in [0.2, 0.25) is 0 Å². The van der Waals surface area contributed by atoms with Gasteiger partial charge in [-0.05, 0) is 13.8 Å². The van der Waals surface area contributed by atoms with E-state index < -0.39 is 7.37 Å². The molecule has 0 aromatic carbocycles. The summed E-state index contributed by atoms with van der Waals surface area (Å²) in [5.74, 6) is -0.212. The van der Waals surface area contributed by atoms with Gasteiger partial charge < -0.3 is 14.0 Å². The molecule has 0 bridgehead atoms. The van der Waals surface area contributed by atoms with Crippen LogP contribution < -0.4 is 0 Å². The summed E-state index contributed by atoms with van der Waals surface area (Å²) >= 11 is 0. The Morgan fingerprint density at radius 1 is 1.21 bits per heavy atom. The third kappa shape index (κ3) is 8.90. The second-order valence-electron chi connectivity index (χ2n) is 2.97. The minimum Gasteiger partial charge on any atom is -0.357 e. The topological polar surface area (TPSA) is 44.8 Å². The summed E-state index contributed by atoms with van der Waals surface area (Å²) in [4.78, 5) is 0. The van der Waals surface area contributed by atoms with Gasteiger partial charge in [0.25, 0.3) is 0 Å². The van der Waals surface area contributed by atoms with Crippen LogP contribution in [0.3, 0.4) is 0 Å². The molecule has 0 aromatic rings. The molecule has 84 valence electrons. The van der Waals surface area contributed by atoms with Crippen molar-refractivity contribution in [2.75, 3.05) is 32.8 Å². The first kappa shape index (κ1) is 14.3. The maximum Gasteiger partial charge on any atom is 0.196 e. The molecule has 2 radical (unpaired) electrons. The average molecular weight is 238 g/mol. The van der Waals surface area contributed by atoms with Crippen molar-refractivity contribution < 1.29 is 18.6 Å². The highest BCUT2D eigenvalue weighted by Gasteiger charge is 2.12. The van der Waals surface area contributed by atoms with Crippen molar-refractivity contribution in [2.24, 2.45) is 0 Å². The third-order valence-corrected chi connectivity index (χ3v) is 3.23. The molecular formula is C8H19O4PSi. The van der Waals surface area contributed by atoms with Crippen molar-refractivity contribution in [3.05, 3.63) is 0 Å². The number of hydrogen-bond donors (Lipinski definition) is 0. The maximum absolute atomic E-state index is 11.2. The highest BCUT2D eigenvalue weighted by Crippen LogP contribution is 2.36. The fraction of sp³-hybridized carbons (Fsp3) is 1.00. The molecule has 0 amide bonds. The third-order valence-electron chi connectivity index (χ3n) is 1.26. The Hall–Kier alpha value is 0.327. The van der Waals surface area contributed by atoms with Crippen molar-refractivity contribution in [2.45, 2.75) is 19.8 Å². The molecule has 0 fully saturated rings. The van der Waals surface area contributed by atoms with Crippen LogP contribution in [0.15, 0.2) is 0 Å². The molecule has 0 spiro atoms. The Bertz CT molecular complexity index is 176. The first-order valence-electron chi connectivity index (χ1n) is 4.65. The van der Waals surface area contributed by atoms with Crippen LogP contribution in [0.5, 0.6) is 0 Å². The van der Waals surface area contributed by atoms with Crippen molar-refractivity contribution in [3.63, 3.8) is 0 Å². The quantitative estimate of drug-likeness (QED) is 0.366. The fourth-order valence-electron chi connectivity index (χ4n) is 0.729. The van der Waals surface area contributed by atoms with E-state index in [1.165, 1.54) is 0 Å². The number of ether oxygens (including phenoxy) is 2. The van der Waals surface area contributed by atoms with Crippen molar-refractivity contribution in [1.82, 2.24) is 0 Å². The molecule has 0 N–H and O–H groups in total. The predicted octanol–water partition coefficient (Wildman–Crippen LogP) is 1.56. The van der Waals surface area contributed by atoms with E-state index in [0.717, 1.165) is 0 Å². The molecule has 0 heterocycles. The van der Waals surface area contributed by atoms with E-state index in [1.807, 2.05) is 13.8 Å². The highest BCUT2D eigenvalue weighted by atomic mass is 31.2. The van der Waals surface area contributed by atoms with E-state index in [1.54, 1.807) is 13.3 Å². The zero-order valence-corrected chi connectivity index (χ0v) is 11.2. The van der Waals surface area contributed by atoms with Gasteiger partial charge in [-0.3, -0.25) is 4.57 Å². The monoisotopic (exact) mass is 238 g/mol. The molecule has 0 aromatic heterocycles. The van der Waals surface area contributed by atoms with Crippen LogP contribution in [0.1, 0.15) is 13.8 Å². The molecule has 14 heavy (non-hydrogen) atoms. The lowest BCUT2D eigenvalue weighted by Gasteiger charge is -2.16. The summed E-state index contributed by atoms with van der Waals surface area (Å²) in [5, 5.41) is 0. The fourth-order valence-corrected chi connectivity index (χ4v) is 2.98. The molecule has 0 saturated carbocycles. The van der Waals surface area contributed by atoms with Gasteiger partial charge in [0.15, 0.2) is 16.9 Å². The highest BCUT2D eigenvalue weighted by molar-refractivity contribution is 7.57. The standard InChI is InChI=1S/C8H19O4PSi/c1-5-10-8(11-6-2)14-7-12-13(3,4)9/h8H,5-7H2,1-4H3. The Kier molecular flexibility index (Phi) is 7.77. The van der Waals surface area contributed by atoms with Crippen LogP contribution in [0.4, 0.5) is 0 Å². The molecule has 0 rings (SSSR count). The molecule has 0 saturated heterocycles. The Morgan fingerprint density at radius 2 is 1.71 bits per heavy atom. The largest absolute Gasteiger partial charge is 0.357 e. The van der Waals surface area contributed by atoms with Crippen molar-refractivity contribution in [1.29, 1.82) is 0 Å². The summed E-state index contributed by atoms with van der Waals surface area (Å²) in [7, 11) is -1.99.